The van der Waals surface area contributed by atoms with E-state index < -0.39 is 11.7 Å². The standard InChI is InChI=1S/C15H16F3N3/c1-11-5-6-12(10-20-11)7-8-21(19)14-4-2-3-13(9-14)15(16,17)18/h2-6,9-10H,7-8,19H2,1H3. The van der Waals surface area contributed by atoms with Crippen LogP contribution in [0.25, 0.3) is 0 Å². The van der Waals surface area contributed by atoms with E-state index in [1.54, 1.807) is 12.3 Å². The van der Waals surface area contributed by atoms with Crippen LogP contribution in [0.5, 0.6) is 0 Å². The molecule has 0 aliphatic heterocycles. The molecule has 0 atom stereocenters. The van der Waals surface area contributed by atoms with Gasteiger partial charge in [-0.15, -0.1) is 0 Å². The minimum Gasteiger partial charge on any atom is -0.311 e. The third-order valence-electron chi connectivity index (χ3n) is 3.12. The summed E-state index contributed by atoms with van der Waals surface area (Å²) in [7, 11) is 0. The van der Waals surface area contributed by atoms with Gasteiger partial charge in [0.15, 0.2) is 0 Å². The molecular weight excluding hydrogens is 279 g/mol. The molecule has 3 nitrogen and oxygen atoms in total. The van der Waals surface area contributed by atoms with Gasteiger partial charge in [0.1, 0.15) is 0 Å². The van der Waals surface area contributed by atoms with Gasteiger partial charge in [0.25, 0.3) is 0 Å². The number of halogens is 3. The van der Waals surface area contributed by atoms with Crippen molar-refractivity contribution in [2.75, 3.05) is 11.6 Å². The van der Waals surface area contributed by atoms with Crippen LogP contribution in [-0.2, 0) is 12.6 Å². The molecule has 1 aromatic carbocycles. The minimum absolute atomic E-state index is 0.338. The molecule has 6 heteroatoms. The third-order valence-corrected chi connectivity index (χ3v) is 3.12. The Morgan fingerprint density at radius 3 is 2.57 bits per heavy atom. The lowest BCUT2D eigenvalue weighted by Gasteiger charge is -2.20. The molecule has 0 aliphatic rings. The monoisotopic (exact) mass is 295 g/mol. The first-order chi connectivity index (χ1) is 9.86. The van der Waals surface area contributed by atoms with Gasteiger partial charge in [-0.3, -0.25) is 4.98 Å². The van der Waals surface area contributed by atoms with Gasteiger partial charge >= 0.3 is 6.18 Å². The quantitative estimate of drug-likeness (QED) is 0.695. The number of aryl methyl sites for hydroxylation is 1. The van der Waals surface area contributed by atoms with Gasteiger partial charge in [0.05, 0.1) is 11.3 Å². The molecule has 0 radical (unpaired) electrons. The fraction of sp³-hybridized carbons (Fsp3) is 0.267. The number of nitrogens with zero attached hydrogens (tertiary/aromatic N) is 2. The van der Waals surface area contributed by atoms with Gasteiger partial charge in [-0.25, -0.2) is 5.84 Å². The summed E-state index contributed by atoms with van der Waals surface area (Å²) in [4.78, 5) is 4.17. The lowest BCUT2D eigenvalue weighted by Crippen LogP contribution is -2.33. The molecule has 2 N–H and O–H groups in total. The molecule has 2 aromatic rings. The SMILES string of the molecule is Cc1ccc(CCN(N)c2cccc(C(F)(F)F)c2)cn1. The smallest absolute Gasteiger partial charge is 0.311 e. The number of pyridine rings is 1. The van der Waals surface area contributed by atoms with E-state index in [0.29, 0.717) is 18.7 Å². The third kappa shape index (κ3) is 4.19. The lowest BCUT2D eigenvalue weighted by molar-refractivity contribution is -0.137. The molecule has 0 unspecified atom stereocenters. The number of anilines is 1. The number of aromatic nitrogens is 1. The molecular formula is C15H16F3N3. The van der Waals surface area contributed by atoms with Gasteiger partial charge in [-0.05, 0) is 43.2 Å². The molecule has 0 saturated heterocycles. The first-order valence-corrected chi connectivity index (χ1v) is 6.47. The van der Waals surface area contributed by atoms with E-state index >= 15 is 0 Å². The van der Waals surface area contributed by atoms with Crippen LogP contribution in [0.3, 0.4) is 0 Å². The summed E-state index contributed by atoms with van der Waals surface area (Å²) in [5.41, 5.74) is 1.54. The van der Waals surface area contributed by atoms with Crippen LogP contribution in [0.1, 0.15) is 16.8 Å². The van der Waals surface area contributed by atoms with E-state index in [2.05, 4.69) is 4.98 Å². The average Bonchev–Trinajstić information content (AvgIpc) is 2.45. The molecule has 1 heterocycles. The maximum atomic E-state index is 12.7. The van der Waals surface area contributed by atoms with Crippen LogP contribution in [0, 0.1) is 6.92 Å². The fourth-order valence-corrected chi connectivity index (χ4v) is 1.89. The van der Waals surface area contributed by atoms with Gasteiger partial charge in [0.2, 0.25) is 0 Å². The second-order valence-corrected chi connectivity index (χ2v) is 4.80. The number of alkyl halides is 3. The Balaban J connectivity index is 2.03. The topological polar surface area (TPSA) is 42.1 Å². The average molecular weight is 295 g/mol. The van der Waals surface area contributed by atoms with E-state index in [1.807, 2.05) is 19.1 Å². The Labute approximate surface area is 121 Å². The lowest BCUT2D eigenvalue weighted by atomic mass is 10.1. The summed E-state index contributed by atoms with van der Waals surface area (Å²) < 4.78 is 38.0. The van der Waals surface area contributed by atoms with Crippen molar-refractivity contribution in [3.05, 3.63) is 59.4 Å². The van der Waals surface area contributed by atoms with Crippen molar-refractivity contribution in [3.63, 3.8) is 0 Å². The summed E-state index contributed by atoms with van der Waals surface area (Å²) in [6, 6.07) is 8.81. The van der Waals surface area contributed by atoms with Crippen LogP contribution in [0.4, 0.5) is 18.9 Å². The number of hydrazine groups is 1. The Kier molecular flexibility index (Phi) is 4.47. The molecule has 0 amide bonds. The Bertz CT molecular complexity index is 594. The highest BCUT2D eigenvalue weighted by Gasteiger charge is 2.30. The van der Waals surface area contributed by atoms with Crippen molar-refractivity contribution in [1.29, 1.82) is 0 Å². The summed E-state index contributed by atoms with van der Waals surface area (Å²) in [6.45, 7) is 2.30. The van der Waals surface area contributed by atoms with E-state index in [1.165, 1.54) is 11.1 Å². The van der Waals surface area contributed by atoms with Gasteiger partial charge in [-0.2, -0.15) is 13.2 Å². The molecule has 0 aliphatic carbocycles. The van der Waals surface area contributed by atoms with E-state index in [0.717, 1.165) is 23.4 Å². The van der Waals surface area contributed by atoms with Crippen LogP contribution in [0.15, 0.2) is 42.6 Å². The largest absolute Gasteiger partial charge is 0.416 e. The predicted octanol–water partition coefficient (Wildman–Crippen LogP) is 3.33. The normalized spacial score (nSPS) is 11.5. The first kappa shape index (κ1) is 15.3. The highest BCUT2D eigenvalue weighted by atomic mass is 19.4. The molecule has 0 saturated carbocycles. The minimum atomic E-state index is -4.36. The molecule has 1 aromatic heterocycles. The van der Waals surface area contributed by atoms with Gasteiger partial charge in [0, 0.05) is 18.4 Å². The number of nitrogens with two attached hydrogens (primary N) is 1. The summed E-state index contributed by atoms with van der Waals surface area (Å²) in [5, 5.41) is 1.31. The van der Waals surface area contributed by atoms with Crippen LogP contribution >= 0.6 is 0 Å². The molecule has 0 bridgehead atoms. The maximum absolute atomic E-state index is 12.7. The van der Waals surface area contributed by atoms with E-state index in [4.69, 9.17) is 5.84 Å². The molecule has 112 valence electrons. The van der Waals surface area contributed by atoms with Crippen molar-refractivity contribution in [2.45, 2.75) is 19.5 Å². The zero-order valence-electron chi connectivity index (χ0n) is 11.6. The molecule has 2 rings (SSSR count). The number of rotatable bonds is 4. The summed E-state index contributed by atoms with van der Waals surface area (Å²) >= 11 is 0. The van der Waals surface area contributed by atoms with Crippen LogP contribution < -0.4 is 10.9 Å². The Morgan fingerprint density at radius 2 is 1.95 bits per heavy atom. The maximum Gasteiger partial charge on any atom is 0.416 e. The van der Waals surface area contributed by atoms with Crippen molar-refractivity contribution in [3.8, 4) is 0 Å². The first-order valence-electron chi connectivity index (χ1n) is 6.47. The second kappa shape index (κ2) is 6.13. The van der Waals surface area contributed by atoms with Crippen molar-refractivity contribution in [2.24, 2.45) is 5.84 Å². The fourth-order valence-electron chi connectivity index (χ4n) is 1.89. The van der Waals surface area contributed by atoms with Crippen molar-refractivity contribution < 1.29 is 13.2 Å². The summed E-state index contributed by atoms with van der Waals surface area (Å²) in [6.07, 6.45) is -2.01. The number of hydrogen-bond donors (Lipinski definition) is 1. The van der Waals surface area contributed by atoms with E-state index in [-0.39, 0.29) is 0 Å². The molecule has 21 heavy (non-hydrogen) atoms. The van der Waals surface area contributed by atoms with E-state index in [9.17, 15) is 13.2 Å². The van der Waals surface area contributed by atoms with Crippen LogP contribution in [-0.4, -0.2) is 11.5 Å². The molecule has 0 spiro atoms. The highest BCUT2D eigenvalue weighted by Crippen LogP contribution is 2.31. The Morgan fingerprint density at radius 1 is 1.19 bits per heavy atom. The highest BCUT2D eigenvalue weighted by molar-refractivity contribution is 5.48. The zero-order valence-corrected chi connectivity index (χ0v) is 11.6. The number of hydrogen-bond acceptors (Lipinski definition) is 3. The molecule has 0 fully saturated rings. The van der Waals surface area contributed by atoms with Crippen molar-refractivity contribution in [1.82, 2.24) is 4.98 Å². The van der Waals surface area contributed by atoms with Gasteiger partial charge in [-0.1, -0.05) is 12.1 Å². The van der Waals surface area contributed by atoms with Gasteiger partial charge < -0.3 is 5.01 Å². The Hall–Kier alpha value is -2.08. The van der Waals surface area contributed by atoms with Crippen LogP contribution in [0.2, 0.25) is 0 Å². The second-order valence-electron chi connectivity index (χ2n) is 4.80. The zero-order chi connectivity index (χ0) is 15.5. The van der Waals surface area contributed by atoms with Crippen molar-refractivity contribution >= 4 is 5.69 Å². The predicted molar refractivity (Wildman–Crippen MR) is 75.7 cm³/mol. The summed E-state index contributed by atoms with van der Waals surface area (Å²) in [5.74, 6) is 5.83. The number of benzene rings is 1.